The van der Waals surface area contributed by atoms with Gasteiger partial charge in [-0.25, -0.2) is 4.98 Å². The number of nitrogens with two attached hydrogens (primary N) is 1. The number of anilines is 1. The van der Waals surface area contributed by atoms with Gasteiger partial charge in [0.1, 0.15) is 0 Å². The van der Waals surface area contributed by atoms with Gasteiger partial charge in [-0.2, -0.15) is 0 Å². The number of nitrogens with zero attached hydrogens (tertiary/aromatic N) is 1. The Bertz CT molecular complexity index is 702. The van der Waals surface area contributed by atoms with Gasteiger partial charge >= 0.3 is 0 Å². The van der Waals surface area contributed by atoms with Gasteiger partial charge in [0.05, 0.1) is 15.7 Å². The fourth-order valence-corrected chi connectivity index (χ4v) is 3.68. The highest BCUT2D eigenvalue weighted by Crippen LogP contribution is 2.28. The van der Waals surface area contributed by atoms with Gasteiger partial charge < -0.3 is 11.1 Å². The molecule has 0 spiro atoms. The van der Waals surface area contributed by atoms with E-state index >= 15 is 0 Å². The smallest absolute Gasteiger partial charge is 0.251 e. The zero-order valence-electron chi connectivity index (χ0n) is 11.0. The molecule has 1 heterocycles. The molecule has 7 heteroatoms. The van der Waals surface area contributed by atoms with E-state index in [1.54, 1.807) is 18.2 Å². The number of hydrogen-bond acceptors (Lipinski definition) is 4. The minimum absolute atomic E-state index is 0.0966. The molecule has 1 unspecified atom stereocenters. The van der Waals surface area contributed by atoms with Gasteiger partial charge in [0.2, 0.25) is 0 Å². The Balaban J connectivity index is 1.69. The molecule has 0 saturated heterocycles. The Kier molecular flexibility index (Phi) is 4.06. The zero-order chi connectivity index (χ0) is 15.0. The lowest BCUT2D eigenvalue weighted by molar-refractivity contribution is 0.0934. The molecular weight excluding hydrogens is 329 g/mol. The second kappa shape index (κ2) is 5.83. The van der Waals surface area contributed by atoms with Crippen LogP contribution < -0.4 is 11.1 Å². The SMILES string of the molecule is Nc1nc2c(s1)CC(NC(=O)c1ccc(Cl)c(Cl)c1)CC2. The quantitative estimate of drug-likeness (QED) is 0.880. The number of thiazole rings is 1. The molecule has 0 radical (unpaired) electrons. The van der Waals surface area contributed by atoms with Crippen LogP contribution in [0.1, 0.15) is 27.3 Å². The second-order valence-corrected chi connectivity index (χ2v) is 6.89. The monoisotopic (exact) mass is 341 g/mol. The number of carbonyl (C=O) groups excluding carboxylic acids is 1. The molecule has 3 N–H and O–H groups in total. The third-order valence-corrected chi connectivity index (χ3v) is 5.16. The van der Waals surface area contributed by atoms with Gasteiger partial charge in [0, 0.05) is 22.9 Å². The molecule has 1 aromatic carbocycles. The fraction of sp³-hybridized carbons (Fsp3) is 0.286. The van der Waals surface area contributed by atoms with E-state index in [1.165, 1.54) is 11.3 Å². The number of nitrogens with one attached hydrogen (secondary N) is 1. The summed E-state index contributed by atoms with van der Waals surface area (Å²) >= 11 is 13.3. The highest BCUT2D eigenvalue weighted by atomic mass is 35.5. The Hall–Kier alpha value is -1.30. The molecule has 0 bridgehead atoms. The van der Waals surface area contributed by atoms with E-state index in [4.69, 9.17) is 28.9 Å². The number of amides is 1. The van der Waals surface area contributed by atoms with Crippen LogP contribution in [0.15, 0.2) is 18.2 Å². The predicted octanol–water partition coefficient (Wildman–Crippen LogP) is 3.32. The van der Waals surface area contributed by atoms with E-state index in [-0.39, 0.29) is 11.9 Å². The fourth-order valence-electron chi connectivity index (χ4n) is 2.42. The molecule has 1 amide bonds. The van der Waals surface area contributed by atoms with Crippen molar-refractivity contribution in [3.05, 3.63) is 44.4 Å². The maximum atomic E-state index is 12.2. The summed E-state index contributed by atoms with van der Waals surface area (Å²) in [4.78, 5) is 17.7. The third kappa shape index (κ3) is 3.15. The van der Waals surface area contributed by atoms with Crippen LogP contribution in [-0.2, 0) is 12.8 Å². The molecule has 1 aromatic heterocycles. The Labute approximate surface area is 136 Å². The summed E-state index contributed by atoms with van der Waals surface area (Å²) in [5, 5.41) is 4.44. The number of benzene rings is 1. The maximum Gasteiger partial charge on any atom is 0.251 e. The highest BCUT2D eigenvalue weighted by molar-refractivity contribution is 7.15. The lowest BCUT2D eigenvalue weighted by Gasteiger charge is -2.22. The maximum absolute atomic E-state index is 12.2. The van der Waals surface area contributed by atoms with Crippen LogP contribution in [0.4, 0.5) is 5.13 Å². The molecule has 0 saturated carbocycles. The van der Waals surface area contributed by atoms with Crippen LogP contribution in [0.3, 0.4) is 0 Å². The summed E-state index contributed by atoms with van der Waals surface area (Å²) in [5.41, 5.74) is 7.30. The third-order valence-electron chi connectivity index (χ3n) is 3.47. The van der Waals surface area contributed by atoms with Crippen molar-refractivity contribution in [2.24, 2.45) is 0 Å². The molecule has 3 rings (SSSR count). The first-order chi connectivity index (χ1) is 10.0. The number of aromatic nitrogens is 1. The van der Waals surface area contributed by atoms with Crippen LogP contribution in [0.5, 0.6) is 0 Å². The number of carbonyl (C=O) groups is 1. The minimum atomic E-state index is -0.139. The summed E-state index contributed by atoms with van der Waals surface area (Å²) < 4.78 is 0. The van der Waals surface area contributed by atoms with Crippen LogP contribution >= 0.6 is 34.5 Å². The number of halogens is 2. The molecule has 110 valence electrons. The summed E-state index contributed by atoms with van der Waals surface area (Å²) in [7, 11) is 0. The van der Waals surface area contributed by atoms with Crippen molar-refractivity contribution < 1.29 is 4.79 Å². The lowest BCUT2D eigenvalue weighted by Crippen LogP contribution is -2.38. The number of fused-ring (bicyclic) bond motifs is 1. The van der Waals surface area contributed by atoms with Crippen LogP contribution in [0.2, 0.25) is 10.0 Å². The molecule has 0 aliphatic heterocycles. The zero-order valence-corrected chi connectivity index (χ0v) is 13.4. The standard InChI is InChI=1S/C14H13Cl2N3OS/c15-9-3-1-7(5-10(9)16)13(20)18-8-2-4-11-12(6-8)21-14(17)19-11/h1,3,5,8H,2,4,6H2,(H2,17,19)(H,18,20). The Morgan fingerprint density at radius 3 is 2.95 bits per heavy atom. The molecule has 4 nitrogen and oxygen atoms in total. The lowest BCUT2D eigenvalue weighted by atomic mass is 9.97. The van der Waals surface area contributed by atoms with E-state index < -0.39 is 0 Å². The molecule has 1 atom stereocenters. The summed E-state index contributed by atoms with van der Waals surface area (Å²) in [5.74, 6) is -0.139. The van der Waals surface area contributed by atoms with Crippen molar-refractivity contribution >= 4 is 45.6 Å². The molecule has 2 aromatic rings. The van der Waals surface area contributed by atoms with E-state index in [0.29, 0.717) is 20.7 Å². The van der Waals surface area contributed by atoms with Crippen molar-refractivity contribution in [3.63, 3.8) is 0 Å². The van der Waals surface area contributed by atoms with Crippen LogP contribution in [0.25, 0.3) is 0 Å². The van der Waals surface area contributed by atoms with E-state index in [0.717, 1.165) is 29.8 Å². The van der Waals surface area contributed by atoms with E-state index in [1.807, 2.05) is 0 Å². The van der Waals surface area contributed by atoms with Crippen molar-refractivity contribution in [1.82, 2.24) is 10.3 Å². The van der Waals surface area contributed by atoms with Gasteiger partial charge in [0.15, 0.2) is 5.13 Å². The minimum Gasteiger partial charge on any atom is -0.375 e. The largest absolute Gasteiger partial charge is 0.375 e. The van der Waals surface area contributed by atoms with Crippen molar-refractivity contribution in [2.75, 3.05) is 5.73 Å². The van der Waals surface area contributed by atoms with Crippen molar-refractivity contribution in [1.29, 1.82) is 0 Å². The van der Waals surface area contributed by atoms with Gasteiger partial charge in [0.25, 0.3) is 5.91 Å². The van der Waals surface area contributed by atoms with Crippen molar-refractivity contribution in [3.8, 4) is 0 Å². The molecular formula is C14H13Cl2N3OS. The van der Waals surface area contributed by atoms with Gasteiger partial charge in [-0.15, -0.1) is 11.3 Å². The Morgan fingerprint density at radius 1 is 1.38 bits per heavy atom. The molecule has 0 fully saturated rings. The average molecular weight is 342 g/mol. The predicted molar refractivity (Wildman–Crippen MR) is 86.3 cm³/mol. The molecule has 1 aliphatic rings. The highest BCUT2D eigenvalue weighted by Gasteiger charge is 2.23. The number of rotatable bonds is 2. The summed E-state index contributed by atoms with van der Waals surface area (Å²) in [6.45, 7) is 0. The van der Waals surface area contributed by atoms with Crippen LogP contribution in [0, 0.1) is 0 Å². The first-order valence-corrected chi connectivity index (χ1v) is 8.10. The second-order valence-electron chi connectivity index (χ2n) is 4.96. The number of aryl methyl sites for hydroxylation is 1. The molecule has 21 heavy (non-hydrogen) atoms. The first kappa shape index (κ1) is 14.6. The number of nitrogen functional groups attached to an aromatic ring is 1. The summed E-state index contributed by atoms with van der Waals surface area (Å²) in [6.07, 6.45) is 2.48. The number of hydrogen-bond donors (Lipinski definition) is 2. The average Bonchev–Trinajstić information content (AvgIpc) is 2.81. The van der Waals surface area contributed by atoms with E-state index in [9.17, 15) is 4.79 Å². The molecule has 1 aliphatic carbocycles. The Morgan fingerprint density at radius 2 is 2.19 bits per heavy atom. The summed E-state index contributed by atoms with van der Waals surface area (Å²) in [6, 6.07) is 4.97. The normalized spacial score (nSPS) is 17.3. The topological polar surface area (TPSA) is 68.0 Å². The van der Waals surface area contributed by atoms with Gasteiger partial charge in [-0.05, 0) is 31.0 Å². The van der Waals surface area contributed by atoms with Crippen LogP contribution in [-0.4, -0.2) is 16.9 Å². The van der Waals surface area contributed by atoms with Gasteiger partial charge in [-0.1, -0.05) is 23.2 Å². The van der Waals surface area contributed by atoms with Crippen molar-refractivity contribution in [2.45, 2.75) is 25.3 Å². The first-order valence-electron chi connectivity index (χ1n) is 6.53. The van der Waals surface area contributed by atoms with E-state index in [2.05, 4.69) is 10.3 Å². The van der Waals surface area contributed by atoms with Gasteiger partial charge in [-0.3, -0.25) is 4.79 Å².